The van der Waals surface area contributed by atoms with Crippen LogP contribution in [0.2, 0.25) is 0 Å². The number of benzene rings is 1. The molecule has 6 N–H and O–H groups in total. The van der Waals surface area contributed by atoms with Gasteiger partial charge < -0.3 is 26.7 Å². The summed E-state index contributed by atoms with van der Waals surface area (Å²) in [5.41, 5.74) is 16.6. The molecule has 0 saturated heterocycles. The molecule has 0 spiro atoms. The van der Waals surface area contributed by atoms with Crippen molar-refractivity contribution in [3.8, 4) is 0 Å². The number of hydrogen-bond donors (Lipinski definition) is 3. The predicted octanol–water partition coefficient (Wildman–Crippen LogP) is -0.0242. The molecule has 0 aliphatic heterocycles. The minimum atomic E-state index is -0.431. The Morgan fingerprint density at radius 3 is 2.22 bits per heavy atom. The topological polar surface area (TPSA) is 114 Å². The molecular weight excluding hydrogens is 234 g/mol. The van der Waals surface area contributed by atoms with Crippen LogP contribution in [0.4, 0.5) is 5.69 Å². The van der Waals surface area contributed by atoms with Crippen molar-refractivity contribution in [3.05, 3.63) is 29.8 Å². The standard InChI is InChI=1S/C7H8N2O.C5H13NO2/c8-6-3-1-5(2-4-6)7(9)10;1-7-4-5-8-3-2-6/h1-4H,8H2,(H2,9,10);2-6H2,1H3. The number of hydrogen-bond acceptors (Lipinski definition) is 5. The first-order valence-corrected chi connectivity index (χ1v) is 5.54. The van der Waals surface area contributed by atoms with E-state index in [1.807, 2.05) is 0 Å². The van der Waals surface area contributed by atoms with Crippen LogP contribution in [-0.4, -0.2) is 39.4 Å². The molecule has 0 aliphatic carbocycles. The Bertz CT molecular complexity index is 322. The zero-order valence-corrected chi connectivity index (χ0v) is 10.6. The van der Waals surface area contributed by atoms with Crippen LogP contribution in [0.3, 0.4) is 0 Å². The minimum absolute atomic E-state index is 0.431. The molecule has 18 heavy (non-hydrogen) atoms. The third-order valence-electron chi connectivity index (χ3n) is 1.89. The molecule has 1 aromatic carbocycles. The highest BCUT2D eigenvalue weighted by Crippen LogP contribution is 2.03. The van der Waals surface area contributed by atoms with Gasteiger partial charge in [-0.1, -0.05) is 0 Å². The SMILES string of the molecule is COCCOCCN.NC(=O)c1ccc(N)cc1. The van der Waals surface area contributed by atoms with E-state index < -0.39 is 5.91 Å². The van der Waals surface area contributed by atoms with Gasteiger partial charge in [0, 0.05) is 24.9 Å². The van der Waals surface area contributed by atoms with Crippen molar-refractivity contribution in [1.29, 1.82) is 0 Å². The smallest absolute Gasteiger partial charge is 0.248 e. The number of nitrogen functional groups attached to an aromatic ring is 1. The normalized spacial score (nSPS) is 9.44. The highest BCUT2D eigenvalue weighted by atomic mass is 16.5. The van der Waals surface area contributed by atoms with Gasteiger partial charge in [-0.05, 0) is 24.3 Å². The molecule has 0 fully saturated rings. The Morgan fingerprint density at radius 1 is 1.17 bits per heavy atom. The summed E-state index contributed by atoms with van der Waals surface area (Å²) in [6, 6.07) is 6.47. The van der Waals surface area contributed by atoms with Crippen molar-refractivity contribution >= 4 is 11.6 Å². The second-order valence-electron chi connectivity index (χ2n) is 3.38. The molecule has 1 aromatic rings. The maximum Gasteiger partial charge on any atom is 0.248 e. The molecule has 1 rings (SSSR count). The van der Waals surface area contributed by atoms with Crippen molar-refractivity contribution < 1.29 is 14.3 Å². The molecule has 0 aliphatic rings. The Kier molecular flexibility index (Phi) is 9.57. The van der Waals surface area contributed by atoms with Gasteiger partial charge in [0.25, 0.3) is 0 Å². The van der Waals surface area contributed by atoms with Gasteiger partial charge in [0.05, 0.1) is 19.8 Å². The number of methoxy groups -OCH3 is 1. The van der Waals surface area contributed by atoms with Crippen LogP contribution in [-0.2, 0) is 9.47 Å². The average molecular weight is 255 g/mol. The van der Waals surface area contributed by atoms with Gasteiger partial charge in [-0.15, -0.1) is 0 Å². The molecule has 0 saturated carbocycles. The monoisotopic (exact) mass is 255 g/mol. The summed E-state index contributed by atoms with van der Waals surface area (Å²) in [6.45, 7) is 2.51. The summed E-state index contributed by atoms with van der Waals surface area (Å²) in [4.78, 5) is 10.5. The van der Waals surface area contributed by atoms with Crippen LogP contribution in [0, 0.1) is 0 Å². The number of rotatable bonds is 6. The Hall–Kier alpha value is -1.63. The molecule has 6 nitrogen and oxygen atoms in total. The molecule has 0 bridgehead atoms. The zero-order chi connectivity index (χ0) is 13.8. The van der Waals surface area contributed by atoms with Gasteiger partial charge in [-0.2, -0.15) is 0 Å². The fourth-order valence-corrected chi connectivity index (χ4v) is 0.975. The third kappa shape index (κ3) is 8.51. The summed E-state index contributed by atoms with van der Waals surface area (Å²) < 4.78 is 9.70. The summed E-state index contributed by atoms with van der Waals surface area (Å²) in [6.07, 6.45) is 0. The van der Waals surface area contributed by atoms with Crippen LogP contribution in [0.25, 0.3) is 0 Å². The number of anilines is 1. The number of carbonyl (C=O) groups excluding carboxylic acids is 1. The molecule has 0 heterocycles. The maximum absolute atomic E-state index is 10.5. The van der Waals surface area contributed by atoms with Crippen molar-refractivity contribution in [2.45, 2.75) is 0 Å². The second kappa shape index (κ2) is 10.5. The Labute approximate surface area is 107 Å². The molecular formula is C12H21N3O3. The van der Waals surface area contributed by atoms with E-state index in [1.54, 1.807) is 31.4 Å². The lowest BCUT2D eigenvalue weighted by atomic mass is 10.2. The van der Waals surface area contributed by atoms with Crippen LogP contribution < -0.4 is 17.2 Å². The van der Waals surface area contributed by atoms with Gasteiger partial charge in [-0.25, -0.2) is 0 Å². The van der Waals surface area contributed by atoms with Crippen LogP contribution in [0.5, 0.6) is 0 Å². The number of carbonyl (C=O) groups is 1. The number of ether oxygens (including phenoxy) is 2. The van der Waals surface area contributed by atoms with Gasteiger partial charge in [0.1, 0.15) is 0 Å². The van der Waals surface area contributed by atoms with E-state index in [4.69, 9.17) is 26.7 Å². The van der Waals surface area contributed by atoms with E-state index in [9.17, 15) is 4.79 Å². The van der Waals surface area contributed by atoms with Gasteiger partial charge in [0.15, 0.2) is 0 Å². The summed E-state index contributed by atoms with van der Waals surface area (Å²) in [5, 5.41) is 0. The summed E-state index contributed by atoms with van der Waals surface area (Å²) in [7, 11) is 1.64. The Morgan fingerprint density at radius 2 is 1.78 bits per heavy atom. The summed E-state index contributed by atoms with van der Waals surface area (Å²) in [5.74, 6) is -0.431. The average Bonchev–Trinajstić information content (AvgIpc) is 2.36. The molecule has 0 aromatic heterocycles. The lowest BCUT2D eigenvalue weighted by Gasteiger charge is -1.98. The Balaban J connectivity index is 0.000000331. The first kappa shape index (κ1) is 16.4. The molecule has 1 amide bonds. The van der Waals surface area contributed by atoms with E-state index in [2.05, 4.69) is 0 Å². The molecule has 0 radical (unpaired) electrons. The third-order valence-corrected chi connectivity index (χ3v) is 1.89. The van der Waals surface area contributed by atoms with E-state index in [0.29, 0.717) is 37.6 Å². The van der Waals surface area contributed by atoms with Crippen molar-refractivity contribution in [3.63, 3.8) is 0 Å². The number of primary amides is 1. The van der Waals surface area contributed by atoms with Gasteiger partial charge >= 0.3 is 0 Å². The lowest BCUT2D eigenvalue weighted by molar-refractivity contribution is 0.0747. The fourth-order valence-electron chi connectivity index (χ4n) is 0.975. The van der Waals surface area contributed by atoms with Crippen molar-refractivity contribution in [2.24, 2.45) is 11.5 Å². The van der Waals surface area contributed by atoms with Gasteiger partial charge in [-0.3, -0.25) is 4.79 Å². The quantitative estimate of drug-likeness (QED) is 0.488. The van der Waals surface area contributed by atoms with Crippen LogP contribution >= 0.6 is 0 Å². The second-order valence-corrected chi connectivity index (χ2v) is 3.38. The first-order chi connectivity index (χ1) is 8.61. The number of nitrogens with two attached hydrogens (primary N) is 3. The van der Waals surface area contributed by atoms with Gasteiger partial charge in [0.2, 0.25) is 5.91 Å². The largest absolute Gasteiger partial charge is 0.399 e. The lowest BCUT2D eigenvalue weighted by Crippen LogP contribution is -2.11. The maximum atomic E-state index is 10.5. The van der Waals surface area contributed by atoms with E-state index in [0.717, 1.165) is 0 Å². The molecule has 0 unspecified atom stereocenters. The van der Waals surface area contributed by atoms with Crippen LogP contribution in [0.1, 0.15) is 10.4 Å². The van der Waals surface area contributed by atoms with Crippen LogP contribution in [0.15, 0.2) is 24.3 Å². The molecule has 0 atom stereocenters. The first-order valence-electron chi connectivity index (χ1n) is 5.54. The van der Waals surface area contributed by atoms with Crippen molar-refractivity contribution in [1.82, 2.24) is 0 Å². The highest BCUT2D eigenvalue weighted by Gasteiger charge is 1.96. The zero-order valence-electron chi connectivity index (χ0n) is 10.6. The highest BCUT2D eigenvalue weighted by molar-refractivity contribution is 5.92. The summed E-state index contributed by atoms with van der Waals surface area (Å²) >= 11 is 0. The van der Waals surface area contributed by atoms with E-state index in [1.165, 1.54) is 0 Å². The minimum Gasteiger partial charge on any atom is -0.399 e. The molecule has 6 heteroatoms. The van der Waals surface area contributed by atoms with Crippen molar-refractivity contribution in [2.75, 3.05) is 39.2 Å². The predicted molar refractivity (Wildman–Crippen MR) is 71.1 cm³/mol. The van der Waals surface area contributed by atoms with E-state index >= 15 is 0 Å². The number of amides is 1. The molecule has 102 valence electrons. The fraction of sp³-hybridized carbons (Fsp3) is 0.417. The van der Waals surface area contributed by atoms with E-state index in [-0.39, 0.29) is 0 Å².